The van der Waals surface area contributed by atoms with Gasteiger partial charge in [0.25, 0.3) is 0 Å². The van der Waals surface area contributed by atoms with Gasteiger partial charge in [0.05, 0.1) is 12.4 Å². The molecule has 1 aliphatic carbocycles. The molecule has 28 heavy (non-hydrogen) atoms. The molecule has 0 aliphatic heterocycles. The number of hydrogen-bond donors (Lipinski definition) is 0. The van der Waals surface area contributed by atoms with Crippen molar-refractivity contribution in [1.82, 2.24) is 0 Å². The Morgan fingerprint density at radius 1 is 1.00 bits per heavy atom. The fraction of sp³-hybridized carbons (Fsp3) is 0.875. The maximum atomic E-state index is 6.81. The van der Waals surface area contributed by atoms with E-state index in [9.17, 15) is 0 Å². The Balaban J connectivity index is 2.82. The van der Waals surface area contributed by atoms with Crippen molar-refractivity contribution in [2.45, 2.75) is 80.2 Å². The maximum Gasteiger partial charge on any atom is 0.219 e. The van der Waals surface area contributed by atoms with E-state index in [1.165, 1.54) is 43.1 Å². The highest BCUT2D eigenvalue weighted by atomic mass is 31.2. The molecule has 4 heteroatoms. The van der Waals surface area contributed by atoms with Gasteiger partial charge < -0.3 is 4.74 Å². The van der Waals surface area contributed by atoms with Crippen LogP contribution in [0.4, 0.5) is 0 Å². The molecule has 0 N–H and O–H groups in total. The topological polar surface area (TPSA) is 9.23 Å². The van der Waals surface area contributed by atoms with Gasteiger partial charge in [0.1, 0.15) is 13.4 Å². The molecule has 0 aromatic rings. The summed E-state index contributed by atoms with van der Waals surface area (Å²) in [5.41, 5.74) is 0.360. The van der Waals surface area contributed by atoms with Gasteiger partial charge in [-0.25, -0.2) is 0 Å². The lowest BCUT2D eigenvalue weighted by atomic mass is 9.77. The minimum Gasteiger partial charge on any atom is -0.332 e. The van der Waals surface area contributed by atoms with Gasteiger partial charge in [0, 0.05) is 13.8 Å². The maximum absolute atomic E-state index is 6.81. The molecule has 0 radical (unpaired) electrons. The molecule has 1 aliphatic rings. The van der Waals surface area contributed by atoms with E-state index < -0.39 is 21.3 Å². The molecule has 1 rings (SSSR count). The van der Waals surface area contributed by atoms with Crippen LogP contribution in [-0.2, 0) is 4.74 Å². The average molecular weight is 448 g/mol. The molecule has 0 bridgehead atoms. The molecule has 0 saturated heterocycles. The minimum absolute atomic E-state index is 0.126. The van der Waals surface area contributed by atoms with Gasteiger partial charge in [-0.05, 0) is 54.5 Å². The fourth-order valence-electron chi connectivity index (χ4n) is 4.20. The van der Waals surface area contributed by atoms with Crippen molar-refractivity contribution in [2.24, 2.45) is 17.3 Å². The van der Waals surface area contributed by atoms with Crippen LogP contribution in [0.3, 0.4) is 0 Å². The van der Waals surface area contributed by atoms with Crippen molar-refractivity contribution in [2.75, 3.05) is 36.7 Å². The Bertz CT molecular complexity index is 624. The van der Waals surface area contributed by atoms with Gasteiger partial charge in [-0.15, -0.1) is 13.2 Å². The zero-order valence-electron chi connectivity index (χ0n) is 20.6. The summed E-state index contributed by atoms with van der Waals surface area (Å²) in [5, 5.41) is -0.126. The summed E-state index contributed by atoms with van der Waals surface area (Å²) in [6.45, 7) is 19.0. The Morgan fingerprint density at radius 2 is 1.46 bits per heavy atom. The second-order valence-corrected chi connectivity index (χ2v) is 22.1. The van der Waals surface area contributed by atoms with Crippen LogP contribution in [0, 0.1) is 17.3 Å². The quantitative estimate of drug-likeness (QED) is 0.296. The van der Waals surface area contributed by atoms with Gasteiger partial charge in [0.2, 0.25) is 5.34 Å². The largest absolute Gasteiger partial charge is 0.332 e. The molecular formula is C24H50OP3+. The highest BCUT2D eigenvalue weighted by Gasteiger charge is 2.49. The van der Waals surface area contributed by atoms with E-state index in [1.54, 1.807) is 0 Å². The van der Waals surface area contributed by atoms with Gasteiger partial charge in [0.15, 0.2) is 0 Å². The SMILES string of the molecule is C=[P+](CP(=C)(CC)CCP(=C)(CC)CC)C(C)(C)O[C@H]1C[C@@H](C)C(C)(C)[C@@H]1C. The van der Waals surface area contributed by atoms with Crippen LogP contribution in [0.25, 0.3) is 0 Å². The zero-order chi connectivity index (χ0) is 22.0. The third kappa shape index (κ3) is 6.36. The van der Waals surface area contributed by atoms with E-state index >= 15 is 0 Å². The number of ether oxygens (including phenoxy) is 1. The predicted octanol–water partition coefficient (Wildman–Crippen LogP) is 7.64. The molecule has 1 fully saturated rings. The Hall–Kier alpha value is 0.730. The molecule has 0 amide bonds. The Morgan fingerprint density at radius 3 is 1.86 bits per heavy atom. The van der Waals surface area contributed by atoms with Crippen LogP contribution < -0.4 is 0 Å². The molecule has 0 aromatic carbocycles. The summed E-state index contributed by atoms with van der Waals surface area (Å²) in [7, 11) is -0.447. The molecule has 1 saturated carbocycles. The normalized spacial score (nSPS) is 28.2. The van der Waals surface area contributed by atoms with Crippen LogP contribution in [-0.4, -0.2) is 67.1 Å². The Kier molecular flexibility index (Phi) is 9.47. The smallest absolute Gasteiger partial charge is 0.219 e. The van der Waals surface area contributed by atoms with E-state index in [1.807, 2.05) is 0 Å². The van der Waals surface area contributed by atoms with Crippen LogP contribution in [0.2, 0.25) is 0 Å². The monoisotopic (exact) mass is 447 g/mol. The van der Waals surface area contributed by atoms with Gasteiger partial charge in [-0.3, -0.25) is 0 Å². The second-order valence-electron chi connectivity index (χ2n) is 10.6. The summed E-state index contributed by atoms with van der Waals surface area (Å²) in [6, 6.07) is 0. The van der Waals surface area contributed by atoms with Crippen molar-refractivity contribution in [3.63, 3.8) is 0 Å². The molecule has 2 unspecified atom stereocenters. The van der Waals surface area contributed by atoms with E-state index in [0.717, 1.165) is 0 Å². The Labute approximate surface area is 179 Å². The first-order valence-corrected chi connectivity index (χ1v) is 18.1. The average Bonchev–Trinajstić information content (AvgIpc) is 2.82. The summed E-state index contributed by atoms with van der Waals surface area (Å²) in [4.78, 5) is 0. The molecule has 0 spiro atoms. The lowest BCUT2D eigenvalue weighted by Gasteiger charge is -2.33. The van der Waals surface area contributed by atoms with Crippen LogP contribution >= 0.6 is 21.3 Å². The lowest BCUT2D eigenvalue weighted by Crippen LogP contribution is -2.32. The summed E-state index contributed by atoms with van der Waals surface area (Å²) >= 11 is 0. The molecule has 0 aromatic heterocycles. The van der Waals surface area contributed by atoms with Gasteiger partial charge in [-0.1, -0.05) is 61.7 Å². The van der Waals surface area contributed by atoms with E-state index in [-0.39, 0.29) is 5.34 Å². The molecular weight excluding hydrogens is 397 g/mol. The van der Waals surface area contributed by atoms with E-state index in [2.05, 4.69) is 74.9 Å². The lowest BCUT2D eigenvalue weighted by molar-refractivity contribution is -0.0426. The fourth-order valence-corrected chi connectivity index (χ4v) is 14.9. The van der Waals surface area contributed by atoms with Gasteiger partial charge >= 0.3 is 0 Å². The molecule has 5 atom stereocenters. The summed E-state index contributed by atoms with van der Waals surface area (Å²) < 4.78 is 6.81. The van der Waals surface area contributed by atoms with Crippen molar-refractivity contribution >= 4 is 40.2 Å². The van der Waals surface area contributed by atoms with E-state index in [4.69, 9.17) is 11.0 Å². The highest BCUT2D eigenvalue weighted by Crippen LogP contribution is 2.60. The van der Waals surface area contributed by atoms with Crippen LogP contribution in [0.5, 0.6) is 0 Å². The third-order valence-corrected chi connectivity index (χ3v) is 20.4. The van der Waals surface area contributed by atoms with Crippen molar-refractivity contribution in [3.05, 3.63) is 0 Å². The highest BCUT2D eigenvalue weighted by molar-refractivity contribution is 7.84. The first-order chi connectivity index (χ1) is 12.7. The van der Waals surface area contributed by atoms with Crippen molar-refractivity contribution in [1.29, 1.82) is 0 Å². The van der Waals surface area contributed by atoms with Crippen LogP contribution in [0.1, 0.15) is 68.7 Å². The van der Waals surface area contributed by atoms with Crippen molar-refractivity contribution in [3.8, 4) is 0 Å². The molecule has 1 nitrogen and oxygen atoms in total. The first kappa shape index (κ1) is 26.8. The second kappa shape index (κ2) is 9.90. The summed E-state index contributed by atoms with van der Waals surface area (Å²) in [6.07, 6.45) is 22.1. The minimum atomic E-state index is -1.20. The molecule has 0 heterocycles. The number of hydrogen-bond acceptors (Lipinski definition) is 1. The van der Waals surface area contributed by atoms with Crippen molar-refractivity contribution < 1.29 is 4.74 Å². The first-order valence-electron chi connectivity index (χ1n) is 11.3. The predicted molar refractivity (Wildman–Crippen MR) is 144 cm³/mol. The van der Waals surface area contributed by atoms with Gasteiger partial charge in [-0.2, -0.15) is 0 Å². The van der Waals surface area contributed by atoms with Crippen LogP contribution in [0.15, 0.2) is 0 Å². The van der Waals surface area contributed by atoms with E-state index in [0.29, 0.717) is 23.4 Å². The third-order valence-electron chi connectivity index (χ3n) is 8.32. The summed E-state index contributed by atoms with van der Waals surface area (Å²) in [5.74, 6) is 2.52. The zero-order valence-corrected chi connectivity index (χ0v) is 23.2. The standard InChI is InChI=1S/C24H50OP3/c1-13-27(11,14-2)16-17-28(12,15-3)19-26(10)24(8,9)25-22-18-20(4)23(6,7)21(22)5/h20-22H,10-19H2,1-9H3/q+1/t20-,21-,22+,28?/m1/s1. The molecule has 166 valence electrons. The number of rotatable bonds is 11.